The van der Waals surface area contributed by atoms with E-state index in [0.717, 1.165) is 10.5 Å². The number of aryl methyl sites for hydroxylation is 1. The summed E-state index contributed by atoms with van der Waals surface area (Å²) in [6.07, 6.45) is -4.53. The van der Waals surface area contributed by atoms with Crippen molar-refractivity contribution in [2.75, 3.05) is 0 Å². The Kier molecular flexibility index (Phi) is 4.06. The summed E-state index contributed by atoms with van der Waals surface area (Å²) in [6.45, 7) is 1.72. The SMILES string of the molecule is Cc1nc(-c2cccc(Br)c2)nc2cc(C(F)(F)F)c(Cl)cc12. The fourth-order valence-electron chi connectivity index (χ4n) is 2.28. The maximum atomic E-state index is 13.0. The normalized spacial score (nSPS) is 11.9. The molecule has 3 rings (SSSR count). The number of nitrogens with zero attached hydrogens (tertiary/aromatic N) is 2. The summed E-state index contributed by atoms with van der Waals surface area (Å²) >= 11 is 9.11. The molecule has 0 aliphatic rings. The van der Waals surface area contributed by atoms with E-state index in [1.165, 1.54) is 6.07 Å². The quantitative estimate of drug-likeness (QED) is 0.497. The molecule has 0 bridgehead atoms. The molecule has 0 spiro atoms. The van der Waals surface area contributed by atoms with Gasteiger partial charge in [0.25, 0.3) is 0 Å². The maximum Gasteiger partial charge on any atom is 0.417 e. The highest BCUT2D eigenvalue weighted by Crippen LogP contribution is 2.37. The first-order valence-electron chi connectivity index (χ1n) is 6.57. The van der Waals surface area contributed by atoms with Crippen molar-refractivity contribution in [3.8, 4) is 11.4 Å². The van der Waals surface area contributed by atoms with Crippen molar-refractivity contribution in [1.82, 2.24) is 9.97 Å². The molecule has 0 saturated carbocycles. The van der Waals surface area contributed by atoms with Crippen LogP contribution in [0.1, 0.15) is 11.3 Å². The number of aromatic nitrogens is 2. The van der Waals surface area contributed by atoms with Crippen LogP contribution in [0.2, 0.25) is 5.02 Å². The number of hydrogen-bond donors (Lipinski definition) is 0. The average Bonchev–Trinajstić information content (AvgIpc) is 2.46. The molecule has 0 amide bonds. The summed E-state index contributed by atoms with van der Waals surface area (Å²) in [6, 6.07) is 9.49. The van der Waals surface area contributed by atoms with E-state index in [1.807, 2.05) is 12.1 Å². The molecule has 0 N–H and O–H groups in total. The Morgan fingerprint density at radius 3 is 2.48 bits per heavy atom. The Balaban J connectivity index is 2.26. The van der Waals surface area contributed by atoms with Crippen molar-refractivity contribution in [2.45, 2.75) is 13.1 Å². The Bertz CT molecular complexity index is 910. The van der Waals surface area contributed by atoms with Crippen LogP contribution in [-0.2, 0) is 6.18 Å². The van der Waals surface area contributed by atoms with Crippen LogP contribution in [0, 0.1) is 6.92 Å². The Morgan fingerprint density at radius 2 is 1.83 bits per heavy atom. The van der Waals surface area contributed by atoms with Gasteiger partial charge in [-0.05, 0) is 31.2 Å². The van der Waals surface area contributed by atoms with Gasteiger partial charge in [0.1, 0.15) is 0 Å². The zero-order valence-electron chi connectivity index (χ0n) is 11.7. The zero-order chi connectivity index (χ0) is 16.8. The van der Waals surface area contributed by atoms with Crippen molar-refractivity contribution in [3.63, 3.8) is 0 Å². The van der Waals surface area contributed by atoms with E-state index in [-0.39, 0.29) is 10.5 Å². The van der Waals surface area contributed by atoms with Gasteiger partial charge in [-0.15, -0.1) is 0 Å². The molecule has 1 heterocycles. The molecule has 0 aliphatic heterocycles. The summed E-state index contributed by atoms with van der Waals surface area (Å²) in [5, 5.41) is 0.147. The molecule has 0 saturated heterocycles. The smallest absolute Gasteiger partial charge is 0.233 e. The van der Waals surface area contributed by atoms with Crippen molar-refractivity contribution >= 4 is 38.4 Å². The Labute approximate surface area is 143 Å². The predicted octanol–water partition coefficient (Wildman–Crippen LogP) is 6.04. The van der Waals surface area contributed by atoms with E-state index in [0.29, 0.717) is 22.5 Å². The van der Waals surface area contributed by atoms with Gasteiger partial charge in [0.05, 0.1) is 16.1 Å². The first-order chi connectivity index (χ1) is 10.8. The van der Waals surface area contributed by atoms with Crippen LogP contribution >= 0.6 is 27.5 Å². The van der Waals surface area contributed by atoms with E-state index >= 15 is 0 Å². The summed E-state index contributed by atoms with van der Waals surface area (Å²) in [5.41, 5.74) is 0.600. The van der Waals surface area contributed by atoms with Crippen LogP contribution in [0.4, 0.5) is 13.2 Å². The minimum atomic E-state index is -4.53. The van der Waals surface area contributed by atoms with Crippen molar-refractivity contribution in [3.05, 3.63) is 57.2 Å². The van der Waals surface area contributed by atoms with E-state index in [1.54, 1.807) is 19.1 Å². The zero-order valence-corrected chi connectivity index (χ0v) is 14.1. The number of rotatable bonds is 1. The second-order valence-electron chi connectivity index (χ2n) is 4.99. The van der Waals surface area contributed by atoms with Crippen molar-refractivity contribution < 1.29 is 13.2 Å². The first-order valence-corrected chi connectivity index (χ1v) is 7.74. The molecule has 0 aliphatic carbocycles. The van der Waals surface area contributed by atoms with Crippen LogP contribution in [0.25, 0.3) is 22.3 Å². The van der Waals surface area contributed by atoms with Crippen molar-refractivity contribution in [1.29, 1.82) is 0 Å². The number of fused-ring (bicyclic) bond motifs is 1. The molecule has 118 valence electrons. The standard InChI is InChI=1S/C16H9BrClF3N2/c1-8-11-6-13(18)12(16(19,20)21)7-14(11)23-15(22-8)9-3-2-4-10(17)5-9/h2-7H,1H3. The molecule has 0 unspecified atom stereocenters. The van der Waals surface area contributed by atoms with Gasteiger partial charge in [0.15, 0.2) is 5.82 Å². The topological polar surface area (TPSA) is 25.8 Å². The summed E-state index contributed by atoms with van der Waals surface area (Å²) < 4.78 is 39.9. The lowest BCUT2D eigenvalue weighted by Crippen LogP contribution is -2.06. The second kappa shape index (κ2) is 5.76. The largest absolute Gasteiger partial charge is 0.417 e. The monoisotopic (exact) mass is 400 g/mol. The van der Waals surface area contributed by atoms with Gasteiger partial charge in [-0.25, -0.2) is 9.97 Å². The summed E-state index contributed by atoms with van der Waals surface area (Å²) in [5.74, 6) is 0.367. The number of benzene rings is 2. The summed E-state index contributed by atoms with van der Waals surface area (Å²) in [4.78, 5) is 8.65. The average molecular weight is 402 g/mol. The first kappa shape index (κ1) is 16.2. The fourth-order valence-corrected chi connectivity index (χ4v) is 2.95. The Hall–Kier alpha value is -1.66. The molecule has 0 atom stereocenters. The third kappa shape index (κ3) is 3.19. The number of alkyl halides is 3. The minimum absolute atomic E-state index is 0.212. The lowest BCUT2D eigenvalue weighted by atomic mass is 10.1. The van der Waals surface area contributed by atoms with E-state index in [2.05, 4.69) is 25.9 Å². The molecule has 0 fully saturated rings. The highest BCUT2D eigenvalue weighted by atomic mass is 79.9. The van der Waals surface area contributed by atoms with Gasteiger partial charge in [0.2, 0.25) is 0 Å². The lowest BCUT2D eigenvalue weighted by Gasteiger charge is -2.12. The van der Waals surface area contributed by atoms with E-state index in [4.69, 9.17) is 11.6 Å². The number of halogens is 5. The number of hydrogen-bond acceptors (Lipinski definition) is 2. The lowest BCUT2D eigenvalue weighted by molar-refractivity contribution is -0.137. The highest BCUT2D eigenvalue weighted by molar-refractivity contribution is 9.10. The molecule has 0 radical (unpaired) electrons. The predicted molar refractivity (Wildman–Crippen MR) is 87.4 cm³/mol. The van der Waals surface area contributed by atoms with Crippen LogP contribution in [-0.4, -0.2) is 9.97 Å². The molecule has 23 heavy (non-hydrogen) atoms. The van der Waals surface area contributed by atoms with Gasteiger partial charge >= 0.3 is 6.18 Å². The molecular formula is C16H9BrClF3N2. The second-order valence-corrected chi connectivity index (χ2v) is 6.31. The van der Waals surface area contributed by atoms with Crippen LogP contribution < -0.4 is 0 Å². The van der Waals surface area contributed by atoms with E-state index < -0.39 is 11.7 Å². The van der Waals surface area contributed by atoms with Gasteiger partial charge in [-0.1, -0.05) is 39.7 Å². The molecule has 2 nitrogen and oxygen atoms in total. The summed E-state index contributed by atoms with van der Waals surface area (Å²) in [7, 11) is 0. The minimum Gasteiger partial charge on any atom is -0.233 e. The Morgan fingerprint density at radius 1 is 1.09 bits per heavy atom. The van der Waals surface area contributed by atoms with Crippen LogP contribution in [0.5, 0.6) is 0 Å². The van der Waals surface area contributed by atoms with Crippen molar-refractivity contribution in [2.24, 2.45) is 0 Å². The molecular weight excluding hydrogens is 393 g/mol. The van der Waals surface area contributed by atoms with Gasteiger partial charge < -0.3 is 0 Å². The van der Waals surface area contributed by atoms with Gasteiger partial charge in [-0.2, -0.15) is 13.2 Å². The van der Waals surface area contributed by atoms with Gasteiger partial charge in [0, 0.05) is 21.1 Å². The third-order valence-electron chi connectivity index (χ3n) is 3.36. The van der Waals surface area contributed by atoms with Crippen LogP contribution in [0.3, 0.4) is 0 Å². The fraction of sp³-hybridized carbons (Fsp3) is 0.125. The molecule has 3 aromatic rings. The molecule has 1 aromatic heterocycles. The van der Waals surface area contributed by atoms with Gasteiger partial charge in [-0.3, -0.25) is 0 Å². The third-order valence-corrected chi connectivity index (χ3v) is 4.17. The molecule has 2 aromatic carbocycles. The van der Waals surface area contributed by atoms with E-state index in [9.17, 15) is 13.2 Å². The highest BCUT2D eigenvalue weighted by Gasteiger charge is 2.33. The maximum absolute atomic E-state index is 13.0. The van der Waals surface area contributed by atoms with Crippen LogP contribution in [0.15, 0.2) is 40.9 Å². The molecule has 7 heteroatoms.